The van der Waals surface area contributed by atoms with Gasteiger partial charge in [0.25, 0.3) is 11.8 Å². The van der Waals surface area contributed by atoms with Crippen LogP contribution in [0.15, 0.2) is 77.3 Å². The van der Waals surface area contributed by atoms with Crippen LogP contribution in [-0.4, -0.2) is 48.0 Å². The van der Waals surface area contributed by atoms with Crippen molar-refractivity contribution in [3.05, 3.63) is 99.5 Å². The van der Waals surface area contributed by atoms with Crippen molar-refractivity contribution in [2.24, 2.45) is 5.92 Å². The van der Waals surface area contributed by atoms with Gasteiger partial charge in [0, 0.05) is 11.0 Å². The normalized spacial score (nSPS) is 14.5. The lowest BCUT2D eigenvalue weighted by Gasteiger charge is -2.30. The molecule has 0 saturated heterocycles. The number of amides is 2. The van der Waals surface area contributed by atoms with Crippen LogP contribution in [0.3, 0.4) is 0 Å². The highest BCUT2D eigenvalue weighted by molar-refractivity contribution is 9.10. The molecule has 0 spiro atoms. The van der Waals surface area contributed by atoms with E-state index in [1.807, 2.05) is 69.3 Å². The minimum atomic E-state index is -0.714. The van der Waals surface area contributed by atoms with E-state index in [4.69, 9.17) is 14.2 Å². The van der Waals surface area contributed by atoms with Crippen molar-refractivity contribution in [3.8, 4) is 5.75 Å². The lowest BCUT2D eigenvalue weighted by atomic mass is 9.92. The van der Waals surface area contributed by atoms with E-state index < -0.39 is 23.6 Å². The van der Waals surface area contributed by atoms with Crippen molar-refractivity contribution < 1.29 is 28.6 Å². The summed E-state index contributed by atoms with van der Waals surface area (Å²) in [6, 6.07) is 22.3. The Bertz CT molecular complexity index is 1350. The summed E-state index contributed by atoms with van der Waals surface area (Å²) in [5, 5.41) is 0. The number of benzene rings is 3. The maximum Gasteiger partial charge on any atom is 0.312 e. The van der Waals surface area contributed by atoms with Crippen LogP contribution in [0.5, 0.6) is 5.75 Å². The van der Waals surface area contributed by atoms with Crippen molar-refractivity contribution in [1.82, 2.24) is 4.90 Å². The first-order valence-corrected chi connectivity index (χ1v) is 14.5. The average Bonchev–Trinajstić information content (AvgIpc) is 3.19. The Labute approximate surface area is 249 Å². The minimum Gasteiger partial charge on any atom is -0.497 e. The Hall–Kier alpha value is -3.49. The van der Waals surface area contributed by atoms with E-state index in [1.165, 1.54) is 4.90 Å². The summed E-state index contributed by atoms with van der Waals surface area (Å²) in [6.45, 7) is 5.81. The Morgan fingerprint density at radius 2 is 1.49 bits per heavy atom. The molecule has 2 amide bonds. The second-order valence-corrected chi connectivity index (χ2v) is 11.9. The molecule has 41 heavy (non-hydrogen) atoms. The van der Waals surface area contributed by atoms with Gasteiger partial charge in [-0.15, -0.1) is 0 Å². The van der Waals surface area contributed by atoms with E-state index >= 15 is 0 Å². The first-order chi connectivity index (χ1) is 19.6. The number of esters is 1. The Balaban J connectivity index is 1.58. The lowest BCUT2D eigenvalue weighted by molar-refractivity contribution is -0.167. The van der Waals surface area contributed by atoms with Gasteiger partial charge in [-0.3, -0.25) is 19.3 Å². The van der Waals surface area contributed by atoms with Crippen molar-refractivity contribution >= 4 is 33.7 Å². The van der Waals surface area contributed by atoms with Crippen LogP contribution in [-0.2, 0) is 27.3 Å². The second-order valence-electron chi connectivity index (χ2n) is 11.1. The minimum absolute atomic E-state index is 0.0771. The van der Waals surface area contributed by atoms with Crippen molar-refractivity contribution in [2.75, 3.05) is 13.7 Å². The molecule has 0 radical (unpaired) electrons. The van der Waals surface area contributed by atoms with Crippen molar-refractivity contribution in [2.45, 2.75) is 58.3 Å². The SMILES string of the molecule is COc1ccc(COC(CCc2ccccc2Br)C(CCN2C(=O)c3ccccc3C2=O)C(=O)OC(C)(C)C)cc1. The van der Waals surface area contributed by atoms with Gasteiger partial charge in [0.1, 0.15) is 11.4 Å². The zero-order valence-corrected chi connectivity index (χ0v) is 25.5. The smallest absolute Gasteiger partial charge is 0.312 e. The van der Waals surface area contributed by atoms with E-state index in [0.29, 0.717) is 24.0 Å². The van der Waals surface area contributed by atoms with E-state index in [-0.39, 0.29) is 31.4 Å². The van der Waals surface area contributed by atoms with Gasteiger partial charge in [0.2, 0.25) is 0 Å². The summed E-state index contributed by atoms with van der Waals surface area (Å²) in [6.07, 6.45) is 0.865. The third kappa shape index (κ3) is 7.83. The third-order valence-electron chi connectivity index (χ3n) is 6.98. The van der Waals surface area contributed by atoms with Crippen molar-refractivity contribution in [3.63, 3.8) is 0 Å². The Morgan fingerprint density at radius 3 is 2.07 bits per heavy atom. The largest absolute Gasteiger partial charge is 0.497 e. The molecule has 0 fully saturated rings. The molecule has 8 heteroatoms. The number of imide groups is 1. The fourth-order valence-electron chi connectivity index (χ4n) is 4.87. The molecule has 0 aliphatic carbocycles. The molecule has 0 bridgehead atoms. The molecule has 0 saturated carbocycles. The highest BCUT2D eigenvalue weighted by atomic mass is 79.9. The summed E-state index contributed by atoms with van der Waals surface area (Å²) in [7, 11) is 1.61. The van der Waals surface area contributed by atoms with Crippen LogP contribution in [0.4, 0.5) is 0 Å². The average molecular weight is 623 g/mol. The number of ether oxygens (including phenoxy) is 3. The molecular formula is C33H36BrNO6. The standard InChI is InChI=1S/C33H36BrNO6/c1-33(2,3)41-32(38)27(19-20-35-30(36)25-10-6-7-11-26(25)31(35)37)29(18-15-23-9-5-8-12-28(23)34)40-21-22-13-16-24(39-4)17-14-22/h5-14,16-17,27,29H,15,18-21H2,1-4H3. The molecule has 216 valence electrons. The van der Waals surface area contributed by atoms with Crippen LogP contribution in [0.1, 0.15) is 65.5 Å². The summed E-state index contributed by atoms with van der Waals surface area (Å²) in [4.78, 5) is 40.9. The highest BCUT2D eigenvalue weighted by Gasteiger charge is 2.38. The topological polar surface area (TPSA) is 82.1 Å². The van der Waals surface area contributed by atoms with E-state index in [0.717, 1.165) is 21.3 Å². The Kier molecular flexibility index (Phi) is 9.99. The summed E-state index contributed by atoms with van der Waals surface area (Å²) in [5.41, 5.74) is 2.07. The maximum absolute atomic E-state index is 13.6. The van der Waals surface area contributed by atoms with Gasteiger partial charge in [-0.2, -0.15) is 0 Å². The number of carbonyl (C=O) groups is 3. The first-order valence-electron chi connectivity index (χ1n) is 13.7. The van der Waals surface area contributed by atoms with Crippen LogP contribution in [0.2, 0.25) is 0 Å². The second kappa shape index (κ2) is 13.4. The number of hydrogen-bond donors (Lipinski definition) is 0. The third-order valence-corrected chi connectivity index (χ3v) is 7.75. The molecule has 1 heterocycles. The number of carbonyl (C=O) groups excluding carboxylic acids is 3. The zero-order valence-electron chi connectivity index (χ0n) is 23.9. The van der Waals surface area contributed by atoms with Crippen LogP contribution < -0.4 is 4.74 Å². The number of fused-ring (bicyclic) bond motifs is 1. The van der Waals surface area contributed by atoms with Gasteiger partial charge < -0.3 is 14.2 Å². The quantitative estimate of drug-likeness (QED) is 0.167. The number of methoxy groups -OCH3 is 1. The predicted octanol–water partition coefficient (Wildman–Crippen LogP) is 6.62. The zero-order chi connectivity index (χ0) is 29.6. The fourth-order valence-corrected chi connectivity index (χ4v) is 5.35. The van der Waals surface area contributed by atoms with Gasteiger partial charge in [0.05, 0.1) is 36.9 Å². The summed E-state index contributed by atoms with van der Waals surface area (Å²) in [5.74, 6) is -1.08. The van der Waals surface area contributed by atoms with Crippen molar-refractivity contribution in [1.29, 1.82) is 0 Å². The number of halogens is 1. The van der Waals surface area contributed by atoms with E-state index in [2.05, 4.69) is 15.9 Å². The molecule has 0 aromatic heterocycles. The highest BCUT2D eigenvalue weighted by Crippen LogP contribution is 2.29. The van der Waals surface area contributed by atoms with Gasteiger partial charge >= 0.3 is 5.97 Å². The van der Waals surface area contributed by atoms with Gasteiger partial charge in [0.15, 0.2) is 0 Å². The number of aryl methyl sites for hydroxylation is 1. The van der Waals surface area contributed by atoms with Gasteiger partial charge in [-0.25, -0.2) is 0 Å². The molecule has 1 aliphatic rings. The molecule has 7 nitrogen and oxygen atoms in total. The summed E-state index contributed by atoms with van der Waals surface area (Å²) >= 11 is 3.62. The molecule has 1 aliphatic heterocycles. The number of nitrogens with zero attached hydrogens (tertiary/aromatic N) is 1. The monoisotopic (exact) mass is 621 g/mol. The van der Waals surface area contributed by atoms with Gasteiger partial charge in [-0.1, -0.05) is 58.4 Å². The predicted molar refractivity (Wildman–Crippen MR) is 160 cm³/mol. The van der Waals surface area contributed by atoms with Gasteiger partial charge in [-0.05, 0) is 81.5 Å². The Morgan fingerprint density at radius 1 is 0.878 bits per heavy atom. The summed E-state index contributed by atoms with van der Waals surface area (Å²) < 4.78 is 18.5. The fraction of sp³-hybridized carbons (Fsp3) is 0.364. The first kappa shape index (κ1) is 30.5. The van der Waals surface area contributed by atoms with E-state index in [9.17, 15) is 14.4 Å². The molecule has 3 aromatic rings. The van der Waals surface area contributed by atoms with Crippen LogP contribution >= 0.6 is 15.9 Å². The molecule has 2 atom stereocenters. The van der Waals surface area contributed by atoms with Crippen LogP contribution in [0, 0.1) is 5.92 Å². The molecule has 3 aromatic carbocycles. The maximum atomic E-state index is 13.6. The molecule has 4 rings (SSSR count). The number of hydrogen-bond acceptors (Lipinski definition) is 6. The molecular weight excluding hydrogens is 586 g/mol. The number of rotatable bonds is 12. The van der Waals surface area contributed by atoms with Crippen LogP contribution in [0.25, 0.3) is 0 Å². The molecule has 2 unspecified atom stereocenters. The molecule has 0 N–H and O–H groups in total. The lowest BCUT2D eigenvalue weighted by Crippen LogP contribution is -2.40. The van der Waals surface area contributed by atoms with E-state index in [1.54, 1.807) is 31.4 Å².